The summed E-state index contributed by atoms with van der Waals surface area (Å²) in [6.45, 7) is 0. The van der Waals surface area contributed by atoms with Crippen LogP contribution >= 0.6 is 11.8 Å². The van der Waals surface area contributed by atoms with Crippen molar-refractivity contribution in [2.45, 2.75) is 17.3 Å². The average molecular weight is 409 g/mol. The van der Waals surface area contributed by atoms with E-state index in [1.165, 1.54) is 30.0 Å². The largest absolute Gasteiger partial charge is 0.325 e. The lowest BCUT2D eigenvalue weighted by atomic mass is 10.2. The minimum absolute atomic E-state index is 0.224. The van der Waals surface area contributed by atoms with Gasteiger partial charge in [0.25, 0.3) is 5.56 Å². The van der Waals surface area contributed by atoms with Crippen molar-refractivity contribution in [1.29, 1.82) is 0 Å². The van der Waals surface area contributed by atoms with Gasteiger partial charge in [-0.2, -0.15) is 0 Å². The summed E-state index contributed by atoms with van der Waals surface area (Å²) in [5.41, 5.74) is 1.07. The van der Waals surface area contributed by atoms with Crippen molar-refractivity contribution in [3.8, 4) is 5.69 Å². The highest BCUT2D eigenvalue weighted by molar-refractivity contribution is 7.98. The van der Waals surface area contributed by atoms with Crippen molar-refractivity contribution in [2.75, 3.05) is 0 Å². The fourth-order valence-electron chi connectivity index (χ4n) is 2.90. The molecule has 0 saturated carbocycles. The Morgan fingerprint density at radius 1 is 0.966 bits per heavy atom. The maximum absolute atomic E-state index is 13.4. The van der Waals surface area contributed by atoms with Gasteiger partial charge in [-0.15, -0.1) is 10.2 Å². The molecular formula is C20H16FN5O2S. The molecule has 0 atom stereocenters. The Morgan fingerprint density at radius 2 is 1.79 bits per heavy atom. The molecule has 2 heterocycles. The van der Waals surface area contributed by atoms with Crippen LogP contribution in [0.4, 0.5) is 4.39 Å². The summed E-state index contributed by atoms with van der Waals surface area (Å²) in [4.78, 5) is 27.9. The Bertz CT molecular complexity index is 1220. The first kappa shape index (κ1) is 18.9. The number of thioether (sulfide) groups is 1. The molecule has 2 aromatic heterocycles. The summed E-state index contributed by atoms with van der Waals surface area (Å²) in [7, 11) is 0. The molecule has 2 aromatic carbocycles. The van der Waals surface area contributed by atoms with E-state index in [2.05, 4.69) is 20.2 Å². The Morgan fingerprint density at radius 3 is 2.55 bits per heavy atom. The van der Waals surface area contributed by atoms with E-state index in [0.717, 1.165) is 11.3 Å². The molecule has 4 rings (SSSR count). The highest BCUT2D eigenvalue weighted by Gasteiger charge is 2.16. The van der Waals surface area contributed by atoms with Crippen LogP contribution in [0.3, 0.4) is 0 Å². The maximum atomic E-state index is 13.4. The monoisotopic (exact) mass is 409 g/mol. The first-order valence-electron chi connectivity index (χ1n) is 8.78. The molecule has 0 aliphatic heterocycles. The number of nitrogens with one attached hydrogen (secondary N) is 2. The van der Waals surface area contributed by atoms with Crippen molar-refractivity contribution in [3.63, 3.8) is 0 Å². The Balaban J connectivity index is 1.68. The number of hydrogen-bond acceptors (Lipinski definition) is 5. The second-order valence-corrected chi connectivity index (χ2v) is 7.22. The van der Waals surface area contributed by atoms with E-state index in [1.54, 1.807) is 6.07 Å². The molecule has 0 aliphatic carbocycles. The fraction of sp³-hybridized carbons (Fsp3) is 0.100. The highest BCUT2D eigenvalue weighted by Crippen LogP contribution is 2.26. The third kappa shape index (κ3) is 4.52. The number of hydrogen-bond donors (Lipinski definition) is 2. The lowest BCUT2D eigenvalue weighted by Gasteiger charge is -2.10. The van der Waals surface area contributed by atoms with E-state index in [1.807, 2.05) is 41.0 Å². The average Bonchev–Trinajstić information content (AvgIpc) is 3.08. The standard InChI is InChI=1S/C20H16FN5O2S/c21-14-6-4-5-13(9-14)12-29-20-25-24-17(26(20)16-7-2-1-3-8-16)10-15-11-18(27)23-19(28)22-15/h1-9,11H,10,12H2,(H2,22,23,27,28). The van der Waals surface area contributed by atoms with Gasteiger partial charge in [0.05, 0.1) is 0 Å². The van der Waals surface area contributed by atoms with Crippen LogP contribution in [0.5, 0.6) is 0 Å². The maximum Gasteiger partial charge on any atom is 0.325 e. The zero-order valence-corrected chi connectivity index (χ0v) is 15.9. The summed E-state index contributed by atoms with van der Waals surface area (Å²) >= 11 is 1.42. The first-order valence-corrected chi connectivity index (χ1v) is 9.76. The topological polar surface area (TPSA) is 96.4 Å². The smallest absolute Gasteiger partial charge is 0.311 e. The number of H-pyrrole nitrogens is 2. The summed E-state index contributed by atoms with van der Waals surface area (Å²) in [6, 6.07) is 17.3. The van der Waals surface area contributed by atoms with Crippen LogP contribution in [0.15, 0.2) is 75.4 Å². The number of benzene rings is 2. The molecule has 0 spiro atoms. The molecular weight excluding hydrogens is 393 g/mol. The van der Waals surface area contributed by atoms with Crippen molar-refractivity contribution in [1.82, 2.24) is 24.7 Å². The second-order valence-electron chi connectivity index (χ2n) is 6.28. The molecule has 4 aromatic rings. The lowest BCUT2D eigenvalue weighted by molar-refractivity contribution is 0.626. The molecule has 0 amide bonds. The Labute approximate surface area is 168 Å². The highest BCUT2D eigenvalue weighted by atomic mass is 32.2. The van der Waals surface area contributed by atoms with Crippen LogP contribution in [0.1, 0.15) is 17.1 Å². The molecule has 0 fully saturated rings. The fourth-order valence-corrected chi connectivity index (χ4v) is 3.82. The van der Waals surface area contributed by atoms with Gasteiger partial charge in [0.1, 0.15) is 11.6 Å². The summed E-state index contributed by atoms with van der Waals surface area (Å²) in [5, 5.41) is 9.16. The minimum atomic E-state index is -0.570. The predicted molar refractivity (Wildman–Crippen MR) is 108 cm³/mol. The summed E-state index contributed by atoms with van der Waals surface area (Å²) in [5.74, 6) is 0.802. The quantitative estimate of drug-likeness (QED) is 0.477. The molecule has 7 nitrogen and oxygen atoms in total. The van der Waals surface area contributed by atoms with E-state index in [9.17, 15) is 14.0 Å². The number of para-hydroxylation sites is 1. The van der Waals surface area contributed by atoms with Crippen molar-refractivity contribution in [3.05, 3.63) is 104 Å². The predicted octanol–water partition coefficient (Wildman–Crippen LogP) is 2.67. The van der Waals surface area contributed by atoms with Crippen LogP contribution in [-0.2, 0) is 12.2 Å². The zero-order chi connectivity index (χ0) is 20.2. The van der Waals surface area contributed by atoms with Crippen LogP contribution in [-0.4, -0.2) is 24.7 Å². The first-order chi connectivity index (χ1) is 14.1. The molecule has 0 aliphatic rings. The number of halogens is 1. The molecule has 29 heavy (non-hydrogen) atoms. The minimum Gasteiger partial charge on any atom is -0.311 e. The zero-order valence-electron chi connectivity index (χ0n) is 15.1. The lowest BCUT2D eigenvalue weighted by Crippen LogP contribution is -2.23. The van der Waals surface area contributed by atoms with Crippen LogP contribution in [0, 0.1) is 5.82 Å². The van der Waals surface area contributed by atoms with Gasteiger partial charge in [0, 0.05) is 29.6 Å². The van der Waals surface area contributed by atoms with Gasteiger partial charge in [-0.05, 0) is 29.8 Å². The van der Waals surface area contributed by atoms with Crippen molar-refractivity contribution >= 4 is 11.8 Å². The summed E-state index contributed by atoms with van der Waals surface area (Å²) in [6.07, 6.45) is 0.224. The van der Waals surface area contributed by atoms with Gasteiger partial charge >= 0.3 is 5.69 Å². The molecule has 0 unspecified atom stereocenters. The van der Waals surface area contributed by atoms with Gasteiger partial charge in [-0.1, -0.05) is 42.1 Å². The van der Waals surface area contributed by atoms with Crippen LogP contribution in [0.25, 0.3) is 5.69 Å². The third-order valence-electron chi connectivity index (χ3n) is 4.14. The van der Waals surface area contributed by atoms with Crippen molar-refractivity contribution < 1.29 is 4.39 Å². The van der Waals surface area contributed by atoms with E-state index in [-0.39, 0.29) is 12.2 Å². The van der Waals surface area contributed by atoms with Gasteiger partial charge in [-0.25, -0.2) is 9.18 Å². The van der Waals surface area contributed by atoms with E-state index >= 15 is 0 Å². The van der Waals surface area contributed by atoms with Gasteiger partial charge in [0.15, 0.2) is 5.16 Å². The molecule has 146 valence electrons. The van der Waals surface area contributed by atoms with Crippen LogP contribution < -0.4 is 11.2 Å². The van der Waals surface area contributed by atoms with Crippen LogP contribution in [0.2, 0.25) is 0 Å². The molecule has 9 heteroatoms. The van der Waals surface area contributed by atoms with Gasteiger partial charge < -0.3 is 4.98 Å². The SMILES string of the molecule is O=c1cc(Cc2nnc(SCc3cccc(F)c3)n2-c2ccccc2)[nH]c(=O)[nH]1. The summed E-state index contributed by atoms with van der Waals surface area (Å²) < 4.78 is 15.3. The molecule has 2 N–H and O–H groups in total. The third-order valence-corrected chi connectivity index (χ3v) is 5.14. The van der Waals surface area contributed by atoms with E-state index < -0.39 is 11.2 Å². The normalized spacial score (nSPS) is 10.9. The second kappa shape index (κ2) is 8.27. The Kier molecular flexibility index (Phi) is 5.39. The van der Waals surface area contributed by atoms with Gasteiger partial charge in [-0.3, -0.25) is 14.3 Å². The molecule has 0 radical (unpaired) electrons. The number of aromatic nitrogens is 5. The number of nitrogens with zero attached hydrogens (tertiary/aromatic N) is 3. The van der Waals surface area contributed by atoms with Gasteiger partial charge in [0.2, 0.25) is 0 Å². The van der Waals surface area contributed by atoms with E-state index in [0.29, 0.717) is 22.4 Å². The Hall–Kier alpha value is -3.46. The number of aromatic amines is 2. The van der Waals surface area contributed by atoms with Crippen molar-refractivity contribution in [2.24, 2.45) is 0 Å². The van der Waals surface area contributed by atoms with E-state index in [4.69, 9.17) is 0 Å². The molecule has 0 saturated heterocycles. The molecule has 0 bridgehead atoms. The number of rotatable bonds is 6.